The number of rotatable bonds is 8. The van der Waals surface area contributed by atoms with E-state index < -0.39 is 6.10 Å². The molecule has 124 valence electrons. The fourth-order valence-electron chi connectivity index (χ4n) is 2.19. The van der Waals surface area contributed by atoms with Crippen molar-refractivity contribution >= 4 is 5.91 Å². The van der Waals surface area contributed by atoms with Gasteiger partial charge in [-0.05, 0) is 29.3 Å². The van der Waals surface area contributed by atoms with Gasteiger partial charge in [0.2, 0.25) is 0 Å². The number of ether oxygens (including phenoxy) is 1. The number of nitrogens with zero attached hydrogens (tertiary/aromatic N) is 1. The summed E-state index contributed by atoms with van der Waals surface area (Å²) in [7, 11) is 1.61. The van der Waals surface area contributed by atoms with Crippen molar-refractivity contribution in [3.05, 3.63) is 91.0 Å². The van der Waals surface area contributed by atoms with Crippen molar-refractivity contribution in [1.29, 1.82) is 0 Å². The molecule has 0 saturated carbocycles. The summed E-state index contributed by atoms with van der Waals surface area (Å²) < 4.78 is 5.14. The first-order chi connectivity index (χ1) is 11.7. The molecule has 24 heavy (non-hydrogen) atoms. The second kappa shape index (κ2) is 8.70. The van der Waals surface area contributed by atoms with E-state index in [2.05, 4.69) is 13.2 Å². The van der Waals surface area contributed by atoms with Gasteiger partial charge in [0.05, 0.1) is 13.7 Å². The average Bonchev–Trinajstić information content (AvgIpc) is 2.65. The molecule has 0 fully saturated rings. The number of hydrogen-bond donors (Lipinski definition) is 0. The quantitative estimate of drug-likeness (QED) is 0.417. The van der Waals surface area contributed by atoms with Crippen LogP contribution in [0.25, 0.3) is 0 Å². The Morgan fingerprint density at radius 2 is 1.79 bits per heavy atom. The Kier molecular flexibility index (Phi) is 6.34. The number of carbonyl (C=O) groups is 1. The van der Waals surface area contributed by atoms with E-state index in [9.17, 15) is 4.79 Å². The Balaban J connectivity index is 2.16. The van der Waals surface area contributed by atoms with Crippen molar-refractivity contribution in [2.24, 2.45) is 0 Å². The van der Waals surface area contributed by atoms with Crippen LogP contribution < -0.4 is 4.74 Å². The van der Waals surface area contributed by atoms with Crippen molar-refractivity contribution < 1.29 is 14.4 Å². The molecule has 0 heterocycles. The van der Waals surface area contributed by atoms with E-state index in [-0.39, 0.29) is 5.91 Å². The normalized spacial score (nSPS) is 11.4. The van der Waals surface area contributed by atoms with E-state index >= 15 is 0 Å². The molecule has 4 nitrogen and oxygen atoms in total. The van der Waals surface area contributed by atoms with Gasteiger partial charge in [0.25, 0.3) is 5.91 Å². The number of benzene rings is 2. The van der Waals surface area contributed by atoms with Gasteiger partial charge in [0.15, 0.2) is 0 Å². The summed E-state index contributed by atoms with van der Waals surface area (Å²) in [5.41, 5.74) is 1.84. The first-order valence-corrected chi connectivity index (χ1v) is 7.59. The zero-order valence-electron chi connectivity index (χ0n) is 13.7. The Labute approximate surface area is 142 Å². The van der Waals surface area contributed by atoms with Crippen molar-refractivity contribution in [2.75, 3.05) is 7.11 Å². The van der Waals surface area contributed by atoms with Crippen molar-refractivity contribution in [2.45, 2.75) is 12.6 Å². The van der Waals surface area contributed by atoms with Crippen molar-refractivity contribution in [1.82, 2.24) is 5.06 Å². The maximum absolute atomic E-state index is 12.1. The van der Waals surface area contributed by atoms with Crippen molar-refractivity contribution in [3.63, 3.8) is 0 Å². The van der Waals surface area contributed by atoms with Gasteiger partial charge < -0.3 is 4.74 Å². The molecule has 0 N–H and O–H groups in total. The van der Waals surface area contributed by atoms with Crippen LogP contribution in [0.3, 0.4) is 0 Å². The minimum atomic E-state index is -0.423. The number of hydroxylamine groups is 2. The lowest BCUT2D eigenvalue weighted by atomic mass is 10.1. The summed E-state index contributed by atoms with van der Waals surface area (Å²) in [5, 5.41) is 1.29. The van der Waals surface area contributed by atoms with Gasteiger partial charge in [-0.25, -0.2) is 5.06 Å². The Bertz CT molecular complexity index is 680. The van der Waals surface area contributed by atoms with Crippen LogP contribution in [0.2, 0.25) is 0 Å². The zero-order chi connectivity index (χ0) is 17.4. The minimum absolute atomic E-state index is 0.298. The van der Waals surface area contributed by atoms with E-state index in [1.807, 2.05) is 54.6 Å². The van der Waals surface area contributed by atoms with Crippen LogP contribution in [-0.2, 0) is 16.2 Å². The third kappa shape index (κ3) is 4.57. The van der Waals surface area contributed by atoms with Crippen LogP contribution in [0.4, 0.5) is 0 Å². The molecule has 0 aliphatic carbocycles. The molecule has 4 heteroatoms. The highest BCUT2D eigenvalue weighted by molar-refractivity contribution is 5.86. The highest BCUT2D eigenvalue weighted by Gasteiger charge is 2.18. The third-order valence-corrected chi connectivity index (χ3v) is 3.49. The Hall–Kier alpha value is -2.85. The highest BCUT2D eigenvalue weighted by Crippen LogP contribution is 2.22. The monoisotopic (exact) mass is 323 g/mol. The molecule has 0 aliphatic heterocycles. The summed E-state index contributed by atoms with van der Waals surface area (Å²) >= 11 is 0. The summed E-state index contributed by atoms with van der Waals surface area (Å²) in [6, 6.07) is 17.1. The second-order valence-electron chi connectivity index (χ2n) is 5.10. The lowest BCUT2D eigenvalue weighted by Gasteiger charge is -2.25. The molecular weight excluding hydrogens is 302 g/mol. The topological polar surface area (TPSA) is 38.8 Å². The molecule has 0 spiro atoms. The van der Waals surface area contributed by atoms with Gasteiger partial charge in [-0.3, -0.25) is 9.63 Å². The zero-order valence-corrected chi connectivity index (χ0v) is 13.7. The van der Waals surface area contributed by atoms with Crippen LogP contribution in [0.5, 0.6) is 5.75 Å². The summed E-state index contributed by atoms with van der Waals surface area (Å²) in [4.78, 5) is 18.0. The van der Waals surface area contributed by atoms with Gasteiger partial charge in [0.1, 0.15) is 11.9 Å². The van der Waals surface area contributed by atoms with E-state index in [0.29, 0.717) is 6.54 Å². The van der Waals surface area contributed by atoms with E-state index in [4.69, 9.17) is 9.57 Å². The summed E-state index contributed by atoms with van der Waals surface area (Å²) in [5.74, 6) is 0.447. The predicted molar refractivity (Wildman–Crippen MR) is 94.2 cm³/mol. The fraction of sp³-hybridized carbons (Fsp3) is 0.150. The molecule has 0 bridgehead atoms. The second-order valence-corrected chi connectivity index (χ2v) is 5.10. The van der Waals surface area contributed by atoms with Gasteiger partial charge in [-0.1, -0.05) is 55.1 Å². The molecule has 0 aliphatic rings. The average molecular weight is 323 g/mol. The first kappa shape index (κ1) is 17.5. The van der Waals surface area contributed by atoms with Crippen molar-refractivity contribution in [3.8, 4) is 5.75 Å². The minimum Gasteiger partial charge on any atom is -0.497 e. The van der Waals surface area contributed by atoms with Crippen LogP contribution in [-0.4, -0.2) is 18.1 Å². The molecule has 2 aromatic rings. The lowest BCUT2D eigenvalue weighted by molar-refractivity contribution is -0.199. The van der Waals surface area contributed by atoms with Gasteiger partial charge in [0, 0.05) is 0 Å². The maximum Gasteiger partial charge on any atom is 0.269 e. The maximum atomic E-state index is 12.1. The number of methoxy groups -OCH3 is 1. The summed E-state index contributed by atoms with van der Waals surface area (Å²) in [6.45, 7) is 7.64. The van der Waals surface area contributed by atoms with Gasteiger partial charge >= 0.3 is 0 Å². The number of carbonyl (C=O) groups excluding carboxylic acids is 1. The number of hydrogen-bond acceptors (Lipinski definition) is 3. The molecule has 0 aromatic heterocycles. The largest absolute Gasteiger partial charge is 0.497 e. The molecule has 2 aromatic carbocycles. The molecule has 2 rings (SSSR count). The van der Waals surface area contributed by atoms with E-state index in [1.54, 1.807) is 13.2 Å². The number of amides is 1. The first-order valence-electron chi connectivity index (χ1n) is 7.59. The molecule has 0 radical (unpaired) electrons. The van der Waals surface area contributed by atoms with Crippen LogP contribution in [0, 0.1) is 0 Å². The fourth-order valence-corrected chi connectivity index (χ4v) is 2.19. The highest BCUT2D eigenvalue weighted by atomic mass is 16.7. The predicted octanol–water partition coefficient (Wildman–Crippen LogP) is 4.07. The molecule has 0 unspecified atom stereocenters. The van der Waals surface area contributed by atoms with Crippen LogP contribution in [0.15, 0.2) is 79.9 Å². The molecule has 0 saturated heterocycles. The van der Waals surface area contributed by atoms with Crippen LogP contribution >= 0.6 is 0 Å². The van der Waals surface area contributed by atoms with Crippen LogP contribution in [0.1, 0.15) is 17.2 Å². The molecular formula is C20H21NO3. The Morgan fingerprint density at radius 3 is 2.33 bits per heavy atom. The smallest absolute Gasteiger partial charge is 0.269 e. The lowest BCUT2D eigenvalue weighted by Crippen LogP contribution is -2.30. The Morgan fingerprint density at radius 1 is 1.12 bits per heavy atom. The van der Waals surface area contributed by atoms with E-state index in [0.717, 1.165) is 16.9 Å². The van der Waals surface area contributed by atoms with Gasteiger partial charge in [-0.15, -0.1) is 6.58 Å². The summed E-state index contributed by atoms with van der Waals surface area (Å²) in [6.07, 6.45) is 2.47. The van der Waals surface area contributed by atoms with Gasteiger partial charge in [-0.2, -0.15) is 0 Å². The molecule has 1 atom stereocenters. The third-order valence-electron chi connectivity index (χ3n) is 3.49. The van der Waals surface area contributed by atoms with E-state index in [1.165, 1.54) is 11.1 Å². The molecule has 1 amide bonds. The standard InChI is InChI=1S/C20H21NO3/c1-4-19(17-9-7-6-8-10-17)24-21(20(22)5-2)15-16-11-13-18(23-3)14-12-16/h4-14,19H,1-2,15H2,3H3/t19-/m0/s1. The SMILES string of the molecule is C=CC(=O)N(Cc1ccc(OC)cc1)O[C@@H](C=C)c1ccccc1.